The molecule has 0 bridgehead atoms. The maximum absolute atomic E-state index is 13.3. The molecule has 1 aliphatic rings. The molecule has 1 aromatic carbocycles. The Morgan fingerprint density at radius 2 is 2.16 bits per heavy atom. The minimum Gasteiger partial charge on any atom is -0.390 e. The summed E-state index contributed by atoms with van der Waals surface area (Å²) < 4.78 is 13.3. The van der Waals surface area contributed by atoms with Crippen LogP contribution in [0.15, 0.2) is 18.2 Å². The fourth-order valence-electron chi connectivity index (χ4n) is 3.30. The van der Waals surface area contributed by atoms with Crippen molar-refractivity contribution in [2.75, 3.05) is 0 Å². The zero-order chi connectivity index (χ0) is 14.0. The molecule has 1 nitrogen and oxygen atoms in total. The van der Waals surface area contributed by atoms with E-state index in [0.717, 1.165) is 30.4 Å². The highest BCUT2D eigenvalue weighted by Crippen LogP contribution is 2.38. The zero-order valence-electron chi connectivity index (χ0n) is 12.2. The topological polar surface area (TPSA) is 20.2 Å². The third-order valence-electron chi connectivity index (χ3n) is 4.63. The van der Waals surface area contributed by atoms with E-state index in [1.165, 1.54) is 12.5 Å². The minimum atomic E-state index is -0.647. The number of aliphatic hydroxyl groups is 1. The van der Waals surface area contributed by atoms with Gasteiger partial charge in [0.1, 0.15) is 5.82 Å². The molecule has 2 atom stereocenters. The Bertz CT molecular complexity index is 441. The van der Waals surface area contributed by atoms with Crippen molar-refractivity contribution in [2.45, 2.75) is 58.5 Å². The lowest BCUT2D eigenvalue weighted by molar-refractivity contribution is -0.0241. The number of aryl methyl sites for hydroxylation is 1. The van der Waals surface area contributed by atoms with Crippen LogP contribution in [0.25, 0.3) is 0 Å². The summed E-state index contributed by atoms with van der Waals surface area (Å²) in [5.41, 5.74) is 1.37. The average molecular weight is 264 g/mol. The van der Waals surface area contributed by atoms with Gasteiger partial charge in [0.2, 0.25) is 0 Å². The van der Waals surface area contributed by atoms with Crippen LogP contribution in [-0.4, -0.2) is 10.7 Å². The first-order valence-corrected chi connectivity index (χ1v) is 7.37. The maximum atomic E-state index is 13.3. The van der Waals surface area contributed by atoms with Crippen LogP contribution < -0.4 is 0 Å². The monoisotopic (exact) mass is 264 g/mol. The van der Waals surface area contributed by atoms with E-state index in [1.807, 2.05) is 6.92 Å². The van der Waals surface area contributed by atoms with Gasteiger partial charge in [-0.15, -0.1) is 0 Å². The van der Waals surface area contributed by atoms with Gasteiger partial charge in [0.15, 0.2) is 0 Å². The highest BCUT2D eigenvalue weighted by molar-refractivity contribution is 5.28. The van der Waals surface area contributed by atoms with Crippen molar-refractivity contribution in [1.29, 1.82) is 0 Å². The Kier molecular flexibility index (Phi) is 4.29. The largest absolute Gasteiger partial charge is 0.390 e. The molecule has 1 N–H and O–H groups in total. The first kappa shape index (κ1) is 14.5. The Hall–Kier alpha value is -0.890. The van der Waals surface area contributed by atoms with Gasteiger partial charge in [-0.25, -0.2) is 4.39 Å². The van der Waals surface area contributed by atoms with E-state index < -0.39 is 5.60 Å². The fourth-order valence-corrected chi connectivity index (χ4v) is 3.30. The Morgan fingerprint density at radius 3 is 2.84 bits per heavy atom. The molecule has 0 saturated heterocycles. The summed E-state index contributed by atoms with van der Waals surface area (Å²) >= 11 is 0. The highest BCUT2D eigenvalue weighted by atomic mass is 19.1. The van der Waals surface area contributed by atoms with E-state index in [2.05, 4.69) is 13.8 Å². The van der Waals surface area contributed by atoms with Gasteiger partial charge < -0.3 is 5.11 Å². The normalized spacial score (nSPS) is 27.8. The molecule has 1 aliphatic carbocycles. The summed E-state index contributed by atoms with van der Waals surface area (Å²) in [7, 11) is 0. The highest BCUT2D eigenvalue weighted by Gasteiger charge is 2.35. The molecule has 0 heterocycles. The van der Waals surface area contributed by atoms with E-state index in [4.69, 9.17) is 0 Å². The second-order valence-electron chi connectivity index (χ2n) is 6.57. The molecular formula is C17H25FO. The average Bonchev–Trinajstić information content (AvgIpc) is 2.33. The molecule has 2 unspecified atom stereocenters. The van der Waals surface area contributed by atoms with Crippen molar-refractivity contribution in [2.24, 2.45) is 11.8 Å². The molecule has 0 aromatic heterocycles. The third kappa shape index (κ3) is 3.56. The van der Waals surface area contributed by atoms with Gasteiger partial charge in [-0.2, -0.15) is 0 Å². The molecule has 2 heteroatoms. The smallest absolute Gasteiger partial charge is 0.123 e. The molecule has 1 fully saturated rings. The van der Waals surface area contributed by atoms with E-state index in [1.54, 1.807) is 12.1 Å². The van der Waals surface area contributed by atoms with Crippen molar-refractivity contribution < 1.29 is 9.50 Å². The lowest BCUT2D eigenvalue weighted by atomic mass is 9.71. The van der Waals surface area contributed by atoms with Gasteiger partial charge in [-0.3, -0.25) is 0 Å². The fraction of sp³-hybridized carbons (Fsp3) is 0.647. The molecule has 1 saturated carbocycles. The second kappa shape index (κ2) is 5.62. The number of hydrogen-bond acceptors (Lipinski definition) is 1. The lowest BCUT2D eigenvalue weighted by Gasteiger charge is -2.39. The molecule has 2 rings (SSSR count). The number of hydrogen-bond donors (Lipinski definition) is 1. The van der Waals surface area contributed by atoms with Gasteiger partial charge in [-0.1, -0.05) is 26.3 Å². The Balaban J connectivity index is 2.14. The maximum Gasteiger partial charge on any atom is 0.123 e. The Labute approximate surface area is 115 Å². The predicted molar refractivity (Wildman–Crippen MR) is 76.6 cm³/mol. The zero-order valence-corrected chi connectivity index (χ0v) is 12.2. The molecule has 106 valence electrons. The van der Waals surface area contributed by atoms with Gasteiger partial charge in [0.25, 0.3) is 0 Å². The molecule has 0 aliphatic heterocycles. The van der Waals surface area contributed by atoms with Crippen molar-refractivity contribution in [3.8, 4) is 0 Å². The van der Waals surface area contributed by atoms with Crippen molar-refractivity contribution >= 4 is 0 Å². The van der Waals surface area contributed by atoms with Crippen LogP contribution in [0.5, 0.6) is 0 Å². The standard InChI is InChI=1S/C17H25FO/c1-12(2)14-5-4-8-17(19,10-14)11-15-9-16(18)7-6-13(15)3/h6-7,9,12,14,19H,4-5,8,10-11H2,1-3H3. The molecule has 0 amide bonds. The predicted octanol–water partition coefficient (Wildman–Crippen LogP) is 4.25. The van der Waals surface area contributed by atoms with Crippen molar-refractivity contribution in [1.82, 2.24) is 0 Å². The van der Waals surface area contributed by atoms with E-state index in [-0.39, 0.29) is 5.82 Å². The summed E-state index contributed by atoms with van der Waals surface area (Å²) in [6.45, 7) is 6.44. The summed E-state index contributed by atoms with van der Waals surface area (Å²) in [5, 5.41) is 10.8. The van der Waals surface area contributed by atoms with Crippen LogP contribution in [0.3, 0.4) is 0 Å². The molecule has 0 radical (unpaired) electrons. The summed E-state index contributed by atoms with van der Waals surface area (Å²) in [6.07, 6.45) is 4.56. The van der Waals surface area contributed by atoms with Crippen LogP contribution in [0.1, 0.15) is 50.7 Å². The Morgan fingerprint density at radius 1 is 1.42 bits per heavy atom. The van der Waals surface area contributed by atoms with Crippen molar-refractivity contribution in [3.05, 3.63) is 35.1 Å². The quantitative estimate of drug-likeness (QED) is 0.865. The first-order valence-electron chi connectivity index (χ1n) is 7.37. The molecular weight excluding hydrogens is 239 g/mol. The number of rotatable bonds is 3. The molecule has 19 heavy (non-hydrogen) atoms. The second-order valence-corrected chi connectivity index (χ2v) is 6.57. The van der Waals surface area contributed by atoms with Crippen LogP contribution >= 0.6 is 0 Å². The van der Waals surface area contributed by atoms with Gasteiger partial charge >= 0.3 is 0 Å². The van der Waals surface area contributed by atoms with Crippen LogP contribution in [0.2, 0.25) is 0 Å². The van der Waals surface area contributed by atoms with Crippen LogP contribution in [0.4, 0.5) is 4.39 Å². The first-order chi connectivity index (χ1) is 8.89. The molecule has 1 aromatic rings. The van der Waals surface area contributed by atoms with E-state index in [9.17, 15) is 9.50 Å². The minimum absolute atomic E-state index is 0.208. The summed E-state index contributed by atoms with van der Waals surface area (Å²) in [6, 6.07) is 4.86. The van der Waals surface area contributed by atoms with Crippen LogP contribution in [-0.2, 0) is 6.42 Å². The van der Waals surface area contributed by atoms with Gasteiger partial charge in [-0.05, 0) is 61.3 Å². The van der Waals surface area contributed by atoms with Crippen molar-refractivity contribution in [3.63, 3.8) is 0 Å². The van der Waals surface area contributed by atoms with E-state index >= 15 is 0 Å². The summed E-state index contributed by atoms with van der Waals surface area (Å²) in [5.74, 6) is 0.994. The van der Waals surface area contributed by atoms with Crippen LogP contribution in [0, 0.1) is 24.6 Å². The molecule has 0 spiro atoms. The number of benzene rings is 1. The lowest BCUT2D eigenvalue weighted by Crippen LogP contribution is -2.39. The summed E-state index contributed by atoms with van der Waals surface area (Å²) in [4.78, 5) is 0. The van der Waals surface area contributed by atoms with Gasteiger partial charge in [0.05, 0.1) is 5.60 Å². The third-order valence-corrected chi connectivity index (χ3v) is 4.63. The SMILES string of the molecule is Cc1ccc(F)cc1CC1(O)CCCC(C(C)C)C1. The number of halogens is 1. The van der Waals surface area contributed by atoms with Gasteiger partial charge in [0, 0.05) is 6.42 Å². The van der Waals surface area contributed by atoms with E-state index in [0.29, 0.717) is 18.3 Å².